The van der Waals surface area contributed by atoms with E-state index in [1.54, 1.807) is 36.4 Å². The maximum absolute atomic E-state index is 12.0. The predicted molar refractivity (Wildman–Crippen MR) is 94.1 cm³/mol. The number of nitro benzene ring substituents is 1. The zero-order valence-corrected chi connectivity index (χ0v) is 13.2. The lowest BCUT2D eigenvalue weighted by Crippen LogP contribution is -2.00. The summed E-state index contributed by atoms with van der Waals surface area (Å²) in [5.41, 5.74) is 1.71. The van der Waals surface area contributed by atoms with Crippen LogP contribution >= 0.6 is 0 Å². The number of rotatable bonds is 3. The van der Waals surface area contributed by atoms with Crippen molar-refractivity contribution in [3.8, 4) is 6.07 Å². The van der Waals surface area contributed by atoms with E-state index in [0.717, 1.165) is 0 Å². The maximum Gasteiger partial charge on any atom is 0.269 e. The normalized spacial score (nSPS) is 9.24. The molecule has 0 aliphatic heterocycles. The molecule has 0 spiro atoms. The molecule has 3 aromatic carbocycles. The van der Waals surface area contributed by atoms with Gasteiger partial charge in [-0.25, -0.2) is 0 Å². The average molecular weight is 330 g/mol. The minimum Gasteiger partial charge on any atom is -0.289 e. The fourth-order valence-electron chi connectivity index (χ4n) is 2.00. The molecular weight excluding hydrogens is 316 g/mol. The van der Waals surface area contributed by atoms with Crippen LogP contribution in [0, 0.1) is 21.4 Å². The van der Waals surface area contributed by atoms with Gasteiger partial charge in [-0.2, -0.15) is 5.26 Å². The van der Waals surface area contributed by atoms with Crippen LogP contribution in [0.5, 0.6) is 0 Å². The molecule has 0 aliphatic carbocycles. The Labute approximate surface area is 144 Å². The molecule has 0 heterocycles. The Balaban J connectivity index is 0.000000236. The van der Waals surface area contributed by atoms with E-state index in [9.17, 15) is 14.9 Å². The van der Waals surface area contributed by atoms with Gasteiger partial charge in [0.1, 0.15) is 0 Å². The third-order valence-electron chi connectivity index (χ3n) is 3.28. The van der Waals surface area contributed by atoms with Crippen LogP contribution in [0.25, 0.3) is 0 Å². The van der Waals surface area contributed by atoms with E-state index in [2.05, 4.69) is 0 Å². The van der Waals surface area contributed by atoms with E-state index in [1.807, 2.05) is 30.3 Å². The lowest BCUT2D eigenvalue weighted by atomic mass is 10.0. The molecule has 3 aromatic rings. The molecular formula is C20H14N2O3. The van der Waals surface area contributed by atoms with Gasteiger partial charge in [0.25, 0.3) is 5.69 Å². The first-order chi connectivity index (χ1) is 12.1. The van der Waals surface area contributed by atoms with Crippen molar-refractivity contribution in [3.05, 3.63) is 112 Å². The fourth-order valence-corrected chi connectivity index (χ4v) is 2.00. The van der Waals surface area contributed by atoms with E-state index in [1.165, 1.54) is 24.3 Å². The van der Waals surface area contributed by atoms with Gasteiger partial charge < -0.3 is 0 Å². The average Bonchev–Trinajstić information content (AvgIpc) is 2.69. The Hall–Kier alpha value is -3.78. The molecule has 0 radical (unpaired) electrons. The first-order valence-electron chi connectivity index (χ1n) is 7.41. The van der Waals surface area contributed by atoms with Gasteiger partial charge in [0, 0.05) is 23.3 Å². The molecule has 122 valence electrons. The first-order valence-corrected chi connectivity index (χ1v) is 7.41. The molecule has 0 saturated heterocycles. The number of hydrogen-bond donors (Lipinski definition) is 0. The highest BCUT2D eigenvalue weighted by Crippen LogP contribution is 2.15. The molecule has 0 fully saturated rings. The second-order valence-electron chi connectivity index (χ2n) is 4.98. The lowest BCUT2D eigenvalue weighted by molar-refractivity contribution is -0.384. The summed E-state index contributed by atoms with van der Waals surface area (Å²) < 4.78 is 0. The Morgan fingerprint density at radius 1 is 0.800 bits per heavy atom. The third kappa shape index (κ3) is 5.12. The smallest absolute Gasteiger partial charge is 0.269 e. The third-order valence-corrected chi connectivity index (χ3v) is 3.28. The molecule has 0 amide bonds. The van der Waals surface area contributed by atoms with Crippen LogP contribution in [0.15, 0.2) is 84.9 Å². The van der Waals surface area contributed by atoms with Gasteiger partial charge in [-0.1, -0.05) is 48.5 Å². The number of nitriles is 1. The van der Waals surface area contributed by atoms with Gasteiger partial charge >= 0.3 is 0 Å². The highest BCUT2D eigenvalue weighted by atomic mass is 16.6. The predicted octanol–water partition coefficient (Wildman–Crippen LogP) is 4.38. The Morgan fingerprint density at radius 3 is 1.72 bits per heavy atom. The van der Waals surface area contributed by atoms with E-state index < -0.39 is 4.92 Å². The standard InChI is InChI=1S/C13H9NO3.C7H5N/c15-13(10-4-2-1-3-5-10)11-6-8-12(9-7-11)14(16)17;8-6-7-4-2-1-3-5-7/h1-9H;1-5H. The Bertz CT molecular complexity index is 884. The van der Waals surface area contributed by atoms with Crippen molar-refractivity contribution in [2.24, 2.45) is 0 Å². The molecule has 0 saturated carbocycles. The highest BCUT2D eigenvalue weighted by molar-refractivity contribution is 6.09. The van der Waals surface area contributed by atoms with E-state index in [4.69, 9.17) is 5.26 Å². The maximum atomic E-state index is 12.0. The van der Waals surface area contributed by atoms with Crippen molar-refractivity contribution in [1.82, 2.24) is 0 Å². The van der Waals surface area contributed by atoms with Gasteiger partial charge in [-0.05, 0) is 24.3 Å². The zero-order chi connectivity index (χ0) is 18.1. The van der Waals surface area contributed by atoms with Crippen LogP contribution in [0.3, 0.4) is 0 Å². The van der Waals surface area contributed by atoms with Crippen molar-refractivity contribution in [3.63, 3.8) is 0 Å². The van der Waals surface area contributed by atoms with Gasteiger partial charge in [-0.15, -0.1) is 0 Å². The number of non-ortho nitro benzene ring substituents is 1. The lowest BCUT2D eigenvalue weighted by Gasteiger charge is -2.00. The summed E-state index contributed by atoms with van der Waals surface area (Å²) in [5.74, 6) is -0.138. The van der Waals surface area contributed by atoms with Crippen LogP contribution in [0.2, 0.25) is 0 Å². The van der Waals surface area contributed by atoms with Crippen molar-refractivity contribution in [2.45, 2.75) is 0 Å². The Kier molecular flexibility index (Phi) is 6.15. The molecule has 0 aromatic heterocycles. The topological polar surface area (TPSA) is 84.0 Å². The molecule has 5 heteroatoms. The molecule has 0 N–H and O–H groups in total. The number of nitrogens with zero attached hydrogens (tertiary/aromatic N) is 2. The molecule has 25 heavy (non-hydrogen) atoms. The summed E-state index contributed by atoms with van der Waals surface area (Å²) in [5, 5.41) is 18.8. The van der Waals surface area contributed by atoms with Crippen LogP contribution < -0.4 is 0 Å². The van der Waals surface area contributed by atoms with Gasteiger partial charge in [0.2, 0.25) is 0 Å². The van der Waals surface area contributed by atoms with E-state index in [-0.39, 0.29) is 11.5 Å². The fraction of sp³-hybridized carbons (Fsp3) is 0. The second kappa shape index (κ2) is 8.75. The number of hydrogen-bond acceptors (Lipinski definition) is 4. The first kappa shape index (κ1) is 17.6. The molecule has 0 atom stereocenters. The summed E-state index contributed by atoms with van der Waals surface area (Å²) in [4.78, 5) is 21.9. The van der Waals surface area contributed by atoms with Crippen LogP contribution in [0.1, 0.15) is 21.5 Å². The largest absolute Gasteiger partial charge is 0.289 e. The number of benzene rings is 3. The minimum absolute atomic E-state index is 0.0189. The SMILES string of the molecule is N#Cc1ccccc1.O=C(c1ccccc1)c1ccc([N+](=O)[O-])cc1. The van der Waals surface area contributed by atoms with Gasteiger partial charge in [0.05, 0.1) is 16.6 Å². The minimum atomic E-state index is -0.489. The van der Waals surface area contributed by atoms with Gasteiger partial charge in [-0.3, -0.25) is 14.9 Å². The summed E-state index contributed by atoms with van der Waals surface area (Å²) in [6.45, 7) is 0. The molecule has 3 rings (SSSR count). The monoisotopic (exact) mass is 330 g/mol. The van der Waals surface area contributed by atoms with E-state index >= 15 is 0 Å². The van der Waals surface area contributed by atoms with Crippen molar-refractivity contribution in [2.75, 3.05) is 0 Å². The van der Waals surface area contributed by atoms with Gasteiger partial charge in [0.15, 0.2) is 5.78 Å². The molecule has 0 unspecified atom stereocenters. The quantitative estimate of drug-likeness (QED) is 0.405. The zero-order valence-electron chi connectivity index (χ0n) is 13.2. The number of carbonyl (C=O) groups is 1. The molecule has 0 bridgehead atoms. The Morgan fingerprint density at radius 2 is 1.28 bits per heavy atom. The summed E-state index contributed by atoms with van der Waals surface area (Å²) >= 11 is 0. The van der Waals surface area contributed by atoms with Crippen LogP contribution in [0.4, 0.5) is 5.69 Å². The highest BCUT2D eigenvalue weighted by Gasteiger charge is 2.10. The summed E-state index contributed by atoms with van der Waals surface area (Å²) in [6, 6.07) is 25.6. The number of ketones is 1. The van der Waals surface area contributed by atoms with Crippen LogP contribution in [-0.2, 0) is 0 Å². The van der Waals surface area contributed by atoms with E-state index in [0.29, 0.717) is 16.7 Å². The second-order valence-corrected chi connectivity index (χ2v) is 4.98. The summed E-state index contributed by atoms with van der Waals surface area (Å²) in [6.07, 6.45) is 0. The number of nitro groups is 1. The molecule has 5 nitrogen and oxygen atoms in total. The van der Waals surface area contributed by atoms with Crippen LogP contribution in [-0.4, -0.2) is 10.7 Å². The summed E-state index contributed by atoms with van der Waals surface area (Å²) in [7, 11) is 0. The van der Waals surface area contributed by atoms with Crippen molar-refractivity contribution >= 4 is 11.5 Å². The van der Waals surface area contributed by atoms with Crippen molar-refractivity contribution in [1.29, 1.82) is 5.26 Å². The van der Waals surface area contributed by atoms with Crippen molar-refractivity contribution < 1.29 is 9.72 Å². The number of carbonyl (C=O) groups excluding carboxylic acids is 1. The molecule has 0 aliphatic rings.